The molecule has 0 spiro atoms. The van der Waals surface area contributed by atoms with E-state index < -0.39 is 0 Å². The molecule has 2 rings (SSSR count). The minimum absolute atomic E-state index is 0.513. The molecule has 0 amide bonds. The Morgan fingerprint density at radius 2 is 2.07 bits per heavy atom. The second-order valence-corrected chi connectivity index (χ2v) is 6.14. The summed E-state index contributed by atoms with van der Waals surface area (Å²) < 4.78 is 0. The van der Waals surface area contributed by atoms with Gasteiger partial charge in [-0.2, -0.15) is 0 Å². The van der Waals surface area contributed by atoms with E-state index in [0.717, 1.165) is 5.92 Å². The lowest BCUT2D eigenvalue weighted by Gasteiger charge is -2.33. The average Bonchev–Trinajstić information content (AvgIpc) is 2.48. The molecule has 1 nitrogen and oxygen atoms in total. The van der Waals surface area contributed by atoms with Crippen LogP contribution < -0.4 is 5.32 Å². The van der Waals surface area contributed by atoms with Crippen LogP contribution in [0.3, 0.4) is 0 Å². The minimum atomic E-state index is 0.513. The van der Waals surface area contributed by atoms with E-state index in [1.54, 1.807) is 0 Å². The van der Waals surface area contributed by atoms with Crippen LogP contribution in [0.25, 0.3) is 0 Å². The van der Waals surface area contributed by atoms with Crippen LogP contribution in [0.15, 0.2) is 12.1 Å². The van der Waals surface area contributed by atoms with Gasteiger partial charge >= 0.3 is 0 Å². The monoisotopic (exact) mass is 223 g/mol. The molecule has 0 aromatic carbocycles. The molecule has 0 aliphatic heterocycles. The molecule has 0 radical (unpaired) electrons. The smallest absolute Gasteiger partial charge is 0.0388 e. The highest BCUT2D eigenvalue weighted by molar-refractivity contribution is 7.12. The topological polar surface area (TPSA) is 12.0 Å². The van der Waals surface area contributed by atoms with Crippen LogP contribution in [0, 0.1) is 12.8 Å². The molecule has 1 aromatic heterocycles. The highest BCUT2D eigenvalue weighted by Crippen LogP contribution is 2.31. The first-order valence-electron chi connectivity index (χ1n) is 5.99. The highest BCUT2D eigenvalue weighted by atomic mass is 32.1. The Kier molecular flexibility index (Phi) is 3.47. The predicted octanol–water partition coefficient (Wildman–Crippen LogP) is 3.90. The zero-order valence-electron chi connectivity index (χ0n) is 9.92. The molecule has 0 saturated heterocycles. The summed E-state index contributed by atoms with van der Waals surface area (Å²) in [5.41, 5.74) is 0. The molecule has 1 aromatic rings. The van der Waals surface area contributed by atoms with Gasteiger partial charge in [-0.1, -0.05) is 6.42 Å². The van der Waals surface area contributed by atoms with Crippen molar-refractivity contribution >= 4 is 11.3 Å². The van der Waals surface area contributed by atoms with Gasteiger partial charge in [0.25, 0.3) is 0 Å². The molecule has 1 fully saturated rings. The summed E-state index contributed by atoms with van der Waals surface area (Å²) in [6.45, 7) is 6.79. The molecule has 1 aliphatic carbocycles. The van der Waals surface area contributed by atoms with Crippen molar-refractivity contribution in [3.63, 3.8) is 0 Å². The first-order valence-corrected chi connectivity index (χ1v) is 6.81. The standard InChI is InChI=1S/C13H21NS/c1-9-7-8-13(15-9)11(3)14-10(2)12-5-4-6-12/h7-8,10-12,14H,4-6H2,1-3H3. The van der Waals surface area contributed by atoms with Crippen LogP contribution >= 0.6 is 11.3 Å². The second kappa shape index (κ2) is 4.67. The summed E-state index contributed by atoms with van der Waals surface area (Å²) in [6.07, 6.45) is 4.28. The van der Waals surface area contributed by atoms with Gasteiger partial charge < -0.3 is 5.32 Å². The Hall–Kier alpha value is -0.340. The van der Waals surface area contributed by atoms with E-state index in [0.29, 0.717) is 12.1 Å². The number of hydrogen-bond acceptors (Lipinski definition) is 2. The van der Waals surface area contributed by atoms with E-state index in [9.17, 15) is 0 Å². The van der Waals surface area contributed by atoms with E-state index in [4.69, 9.17) is 0 Å². The molecular weight excluding hydrogens is 202 g/mol. The van der Waals surface area contributed by atoms with Crippen molar-refractivity contribution < 1.29 is 0 Å². The summed E-state index contributed by atoms with van der Waals surface area (Å²) in [4.78, 5) is 2.88. The van der Waals surface area contributed by atoms with Crippen molar-refractivity contribution in [2.45, 2.75) is 52.1 Å². The minimum Gasteiger partial charge on any atom is -0.307 e. The lowest BCUT2D eigenvalue weighted by Crippen LogP contribution is -2.38. The first-order chi connectivity index (χ1) is 7.16. The van der Waals surface area contributed by atoms with Crippen LogP contribution in [0.4, 0.5) is 0 Å². The van der Waals surface area contributed by atoms with E-state index in [1.807, 2.05) is 11.3 Å². The maximum atomic E-state index is 3.72. The summed E-state index contributed by atoms with van der Waals surface area (Å²) >= 11 is 1.91. The fourth-order valence-corrected chi connectivity index (χ4v) is 3.13. The molecule has 1 heterocycles. The zero-order chi connectivity index (χ0) is 10.8. The van der Waals surface area contributed by atoms with E-state index >= 15 is 0 Å². The van der Waals surface area contributed by atoms with Crippen molar-refractivity contribution in [2.75, 3.05) is 0 Å². The third kappa shape index (κ3) is 2.61. The molecule has 1 N–H and O–H groups in total. The van der Waals surface area contributed by atoms with Crippen LogP contribution in [0.2, 0.25) is 0 Å². The normalized spacial score (nSPS) is 21.0. The van der Waals surface area contributed by atoms with Crippen molar-refractivity contribution in [3.05, 3.63) is 21.9 Å². The molecule has 15 heavy (non-hydrogen) atoms. The number of thiophene rings is 1. The van der Waals surface area contributed by atoms with E-state index in [1.165, 1.54) is 29.0 Å². The molecule has 84 valence electrons. The summed E-state index contributed by atoms with van der Waals surface area (Å²) in [6, 6.07) is 5.66. The summed E-state index contributed by atoms with van der Waals surface area (Å²) in [7, 11) is 0. The number of nitrogens with one attached hydrogen (secondary N) is 1. The van der Waals surface area contributed by atoms with Crippen LogP contribution in [-0.2, 0) is 0 Å². The van der Waals surface area contributed by atoms with Crippen molar-refractivity contribution in [1.82, 2.24) is 5.32 Å². The number of aryl methyl sites for hydroxylation is 1. The molecular formula is C13H21NS. The third-order valence-corrected chi connectivity index (χ3v) is 4.74. The second-order valence-electron chi connectivity index (χ2n) is 4.82. The number of rotatable bonds is 4. The van der Waals surface area contributed by atoms with Gasteiger partial charge in [0.15, 0.2) is 0 Å². The predicted molar refractivity (Wildman–Crippen MR) is 67.4 cm³/mol. The van der Waals surface area contributed by atoms with Gasteiger partial charge in [0.05, 0.1) is 0 Å². The lowest BCUT2D eigenvalue weighted by atomic mass is 9.80. The van der Waals surface area contributed by atoms with Gasteiger partial charge in [-0.05, 0) is 51.7 Å². The molecule has 0 bridgehead atoms. The Bertz CT molecular complexity index is 314. The van der Waals surface area contributed by atoms with Crippen LogP contribution in [0.1, 0.15) is 48.9 Å². The summed E-state index contributed by atoms with van der Waals surface area (Å²) in [5, 5.41) is 3.72. The fourth-order valence-electron chi connectivity index (χ4n) is 2.24. The fraction of sp³-hybridized carbons (Fsp3) is 0.692. The Morgan fingerprint density at radius 3 is 2.53 bits per heavy atom. The average molecular weight is 223 g/mol. The largest absolute Gasteiger partial charge is 0.307 e. The van der Waals surface area contributed by atoms with Crippen molar-refractivity contribution in [1.29, 1.82) is 0 Å². The van der Waals surface area contributed by atoms with Crippen molar-refractivity contribution in [3.8, 4) is 0 Å². The van der Waals surface area contributed by atoms with Gasteiger partial charge in [0.1, 0.15) is 0 Å². The Labute approximate surface area is 96.9 Å². The third-order valence-electron chi connectivity index (χ3n) is 3.56. The van der Waals surface area contributed by atoms with E-state index in [-0.39, 0.29) is 0 Å². The highest BCUT2D eigenvalue weighted by Gasteiger charge is 2.25. The van der Waals surface area contributed by atoms with Gasteiger partial charge in [-0.3, -0.25) is 0 Å². The summed E-state index contributed by atoms with van der Waals surface area (Å²) in [5.74, 6) is 0.925. The quantitative estimate of drug-likeness (QED) is 0.816. The molecule has 1 aliphatic rings. The molecule has 2 unspecified atom stereocenters. The Balaban J connectivity index is 1.88. The van der Waals surface area contributed by atoms with Crippen LogP contribution in [-0.4, -0.2) is 6.04 Å². The lowest BCUT2D eigenvalue weighted by molar-refractivity contribution is 0.230. The maximum absolute atomic E-state index is 3.72. The van der Waals surface area contributed by atoms with Gasteiger partial charge in [-0.25, -0.2) is 0 Å². The van der Waals surface area contributed by atoms with E-state index in [2.05, 4.69) is 38.2 Å². The maximum Gasteiger partial charge on any atom is 0.0388 e. The van der Waals surface area contributed by atoms with Gasteiger partial charge in [0.2, 0.25) is 0 Å². The van der Waals surface area contributed by atoms with Crippen LogP contribution in [0.5, 0.6) is 0 Å². The Morgan fingerprint density at radius 1 is 1.33 bits per heavy atom. The molecule has 2 heteroatoms. The van der Waals surface area contributed by atoms with Gasteiger partial charge in [-0.15, -0.1) is 11.3 Å². The number of hydrogen-bond donors (Lipinski definition) is 1. The molecule has 1 saturated carbocycles. The van der Waals surface area contributed by atoms with Crippen molar-refractivity contribution in [2.24, 2.45) is 5.92 Å². The first kappa shape index (κ1) is 11.2. The SMILES string of the molecule is Cc1ccc(C(C)NC(C)C2CCC2)s1. The zero-order valence-corrected chi connectivity index (χ0v) is 10.7. The van der Waals surface area contributed by atoms with Gasteiger partial charge in [0, 0.05) is 21.8 Å². The molecule has 2 atom stereocenters.